The van der Waals surface area contributed by atoms with Gasteiger partial charge in [-0.05, 0) is 53.8 Å². The van der Waals surface area contributed by atoms with Gasteiger partial charge in [0.25, 0.3) is 5.91 Å². The Hall–Kier alpha value is -2.67. The fraction of sp³-hybridized carbons (Fsp3) is 0.500. The number of nitrogens with zero attached hydrogens (tertiary/aromatic N) is 2. The van der Waals surface area contributed by atoms with E-state index in [1.165, 1.54) is 4.88 Å². The van der Waals surface area contributed by atoms with Crippen molar-refractivity contribution in [3.05, 3.63) is 52.0 Å². The highest BCUT2D eigenvalue weighted by Crippen LogP contribution is 2.33. The lowest BCUT2D eigenvalue weighted by molar-refractivity contribution is -0.139. The van der Waals surface area contributed by atoms with Gasteiger partial charge in [0.1, 0.15) is 11.9 Å². The van der Waals surface area contributed by atoms with Gasteiger partial charge < -0.3 is 15.0 Å². The molecule has 1 aromatic carbocycles. The minimum Gasteiger partial charge on any atom is -0.480 e. The van der Waals surface area contributed by atoms with Gasteiger partial charge in [-0.1, -0.05) is 47.6 Å². The number of aromatic nitrogens is 2. The molecule has 0 aliphatic rings. The van der Waals surface area contributed by atoms with Crippen molar-refractivity contribution in [3.8, 4) is 0 Å². The number of benzene rings is 1. The number of nitrogens with one attached hydrogen (secondary N) is 1. The van der Waals surface area contributed by atoms with Crippen molar-refractivity contribution in [2.45, 2.75) is 66.5 Å². The van der Waals surface area contributed by atoms with E-state index in [-0.39, 0.29) is 17.9 Å². The Morgan fingerprint density at radius 1 is 1.09 bits per heavy atom. The van der Waals surface area contributed by atoms with E-state index >= 15 is 0 Å². The van der Waals surface area contributed by atoms with Crippen LogP contribution in [0, 0.1) is 17.8 Å². The number of carbonyl (C=O) groups is 2. The van der Waals surface area contributed by atoms with E-state index in [9.17, 15) is 14.7 Å². The molecule has 0 spiro atoms. The monoisotopic (exact) mass is 469 g/mol. The Morgan fingerprint density at radius 3 is 2.33 bits per heavy atom. The van der Waals surface area contributed by atoms with Crippen molar-refractivity contribution in [1.82, 2.24) is 14.9 Å². The minimum absolute atomic E-state index is 0.161. The fourth-order valence-electron chi connectivity index (χ4n) is 4.62. The van der Waals surface area contributed by atoms with Gasteiger partial charge in [0, 0.05) is 22.9 Å². The van der Waals surface area contributed by atoms with Crippen molar-refractivity contribution in [1.29, 1.82) is 0 Å². The quantitative estimate of drug-likeness (QED) is 0.395. The molecule has 0 aliphatic heterocycles. The number of thiophene rings is 1. The zero-order chi connectivity index (χ0) is 24.3. The number of carboxylic acid groups (broad SMARTS) is 1. The average molecular weight is 470 g/mol. The van der Waals surface area contributed by atoms with E-state index in [0.717, 1.165) is 23.3 Å². The Labute approximate surface area is 200 Å². The summed E-state index contributed by atoms with van der Waals surface area (Å²) in [4.78, 5) is 30.7. The summed E-state index contributed by atoms with van der Waals surface area (Å²) in [5.74, 6) is 0.578. The van der Waals surface area contributed by atoms with E-state index in [2.05, 4.69) is 49.0 Å². The molecule has 2 N–H and O–H groups in total. The molecule has 178 valence electrons. The first-order valence-corrected chi connectivity index (χ1v) is 12.5. The summed E-state index contributed by atoms with van der Waals surface area (Å²) < 4.78 is 2.34. The normalized spacial score (nSPS) is 12.9. The van der Waals surface area contributed by atoms with Gasteiger partial charge in [-0.2, -0.15) is 0 Å². The number of hydrogen-bond acceptors (Lipinski definition) is 4. The first kappa shape index (κ1) is 25.0. The number of carbonyl (C=O) groups excluding carboxylic acids is 1. The third kappa shape index (κ3) is 5.82. The first-order chi connectivity index (χ1) is 15.6. The van der Waals surface area contributed by atoms with Crippen LogP contribution in [0.5, 0.6) is 0 Å². The molecule has 0 aliphatic carbocycles. The van der Waals surface area contributed by atoms with Gasteiger partial charge in [-0.3, -0.25) is 4.79 Å². The predicted octanol–water partition coefficient (Wildman–Crippen LogP) is 5.77. The molecule has 7 heteroatoms. The highest BCUT2D eigenvalue weighted by atomic mass is 32.1. The van der Waals surface area contributed by atoms with Crippen molar-refractivity contribution >= 4 is 34.2 Å². The summed E-state index contributed by atoms with van der Waals surface area (Å²) in [6.45, 7) is 12.8. The molecular formula is C26H35N3O3S. The number of fused-ring (bicyclic) bond motifs is 1. The van der Waals surface area contributed by atoms with Gasteiger partial charge in [0.05, 0.1) is 11.0 Å². The summed E-state index contributed by atoms with van der Waals surface area (Å²) in [5.41, 5.74) is 2.19. The van der Waals surface area contributed by atoms with Crippen LogP contribution in [0.4, 0.5) is 0 Å². The van der Waals surface area contributed by atoms with Crippen molar-refractivity contribution < 1.29 is 14.7 Å². The van der Waals surface area contributed by atoms with Crippen LogP contribution in [0.25, 0.3) is 11.0 Å². The highest BCUT2D eigenvalue weighted by Gasteiger charge is 2.26. The second kappa shape index (κ2) is 10.5. The molecule has 3 aromatic rings. The third-order valence-corrected chi connectivity index (χ3v) is 6.79. The van der Waals surface area contributed by atoms with Crippen LogP contribution in [0.2, 0.25) is 0 Å². The van der Waals surface area contributed by atoms with E-state index in [1.807, 2.05) is 26.0 Å². The van der Waals surface area contributed by atoms with E-state index in [1.54, 1.807) is 23.5 Å². The van der Waals surface area contributed by atoms with Gasteiger partial charge in [0.15, 0.2) is 0 Å². The maximum Gasteiger partial charge on any atom is 0.326 e. The number of hydrogen-bond donors (Lipinski definition) is 2. The van der Waals surface area contributed by atoms with E-state index < -0.39 is 12.0 Å². The standard InChI is InChI=1S/C26H35N3O3S/c1-15(2)12-21(26(31)32)28-25(30)18-9-10-22-20(13-18)27-23(14-19-8-7-11-33-19)29(22)24(16(3)4)17(5)6/h7-11,13,15-17,21,24H,12,14H2,1-6H3,(H,28,30)(H,31,32)/t21-/m0/s1. The molecule has 1 atom stereocenters. The number of carboxylic acids is 1. The van der Waals surface area contributed by atoms with Crippen LogP contribution in [0.3, 0.4) is 0 Å². The molecule has 2 aromatic heterocycles. The molecule has 0 saturated heterocycles. The average Bonchev–Trinajstić information content (AvgIpc) is 3.34. The van der Waals surface area contributed by atoms with Crippen LogP contribution in [-0.2, 0) is 11.2 Å². The van der Waals surface area contributed by atoms with Crippen molar-refractivity contribution in [2.75, 3.05) is 0 Å². The molecule has 0 unspecified atom stereocenters. The van der Waals surface area contributed by atoms with Gasteiger partial charge in [0.2, 0.25) is 0 Å². The topological polar surface area (TPSA) is 84.2 Å². The molecule has 0 radical (unpaired) electrons. The van der Waals surface area contributed by atoms with Crippen LogP contribution >= 0.6 is 11.3 Å². The lowest BCUT2D eigenvalue weighted by Gasteiger charge is -2.29. The minimum atomic E-state index is -1.02. The molecule has 6 nitrogen and oxygen atoms in total. The van der Waals surface area contributed by atoms with E-state index in [4.69, 9.17) is 4.98 Å². The maximum atomic E-state index is 12.9. The molecule has 0 fully saturated rings. The molecule has 33 heavy (non-hydrogen) atoms. The van der Waals surface area contributed by atoms with Gasteiger partial charge in [-0.25, -0.2) is 9.78 Å². The second-order valence-corrected chi connectivity index (χ2v) is 10.9. The predicted molar refractivity (Wildman–Crippen MR) is 134 cm³/mol. The highest BCUT2D eigenvalue weighted by molar-refractivity contribution is 7.09. The molecule has 3 rings (SSSR count). The number of rotatable bonds is 10. The Bertz CT molecular complexity index is 1090. The number of amides is 1. The third-order valence-electron chi connectivity index (χ3n) is 5.91. The fourth-order valence-corrected chi connectivity index (χ4v) is 5.32. The van der Waals surface area contributed by atoms with Crippen molar-refractivity contribution in [2.24, 2.45) is 17.8 Å². The van der Waals surface area contributed by atoms with Crippen LogP contribution in [0.1, 0.15) is 75.1 Å². The SMILES string of the molecule is CC(C)C[C@H](NC(=O)c1ccc2c(c1)nc(Cc1cccs1)n2C(C(C)C)C(C)C)C(=O)O. The van der Waals surface area contributed by atoms with Crippen LogP contribution < -0.4 is 5.32 Å². The van der Waals surface area contributed by atoms with Crippen LogP contribution in [-0.4, -0.2) is 32.6 Å². The summed E-state index contributed by atoms with van der Waals surface area (Å²) in [5, 5.41) is 14.2. The maximum absolute atomic E-state index is 12.9. The summed E-state index contributed by atoms with van der Waals surface area (Å²) in [6, 6.07) is 9.03. The largest absolute Gasteiger partial charge is 0.480 e. The lowest BCUT2D eigenvalue weighted by atomic mass is 9.92. The second-order valence-electron chi connectivity index (χ2n) is 9.83. The zero-order valence-corrected chi connectivity index (χ0v) is 21.1. The lowest BCUT2D eigenvalue weighted by Crippen LogP contribution is -2.41. The van der Waals surface area contributed by atoms with Gasteiger partial charge >= 0.3 is 5.97 Å². The number of imidazole rings is 1. The Balaban J connectivity index is 2.02. The number of aliphatic carboxylic acids is 1. The summed E-state index contributed by atoms with van der Waals surface area (Å²) >= 11 is 1.71. The Morgan fingerprint density at radius 2 is 1.79 bits per heavy atom. The first-order valence-electron chi connectivity index (χ1n) is 11.6. The Kier molecular flexibility index (Phi) is 7.95. The summed E-state index contributed by atoms with van der Waals surface area (Å²) in [6.07, 6.45) is 1.12. The zero-order valence-electron chi connectivity index (χ0n) is 20.3. The smallest absolute Gasteiger partial charge is 0.326 e. The molecule has 0 saturated carbocycles. The molecule has 2 heterocycles. The van der Waals surface area contributed by atoms with Gasteiger partial charge in [-0.15, -0.1) is 11.3 Å². The molecule has 0 bridgehead atoms. The van der Waals surface area contributed by atoms with Crippen LogP contribution in [0.15, 0.2) is 35.7 Å². The summed E-state index contributed by atoms with van der Waals surface area (Å²) in [7, 11) is 0. The molecule has 1 amide bonds. The van der Waals surface area contributed by atoms with Crippen molar-refractivity contribution in [3.63, 3.8) is 0 Å². The molecular weight excluding hydrogens is 434 g/mol. The van der Waals surface area contributed by atoms with E-state index in [0.29, 0.717) is 23.8 Å².